The maximum atomic E-state index is 11.2. The van der Waals surface area contributed by atoms with Crippen molar-refractivity contribution in [2.24, 2.45) is 7.05 Å². The molecule has 5 nitrogen and oxygen atoms in total. The van der Waals surface area contributed by atoms with E-state index in [-0.39, 0.29) is 0 Å². The van der Waals surface area contributed by atoms with E-state index in [2.05, 4.69) is 13.7 Å². The van der Waals surface area contributed by atoms with Crippen molar-refractivity contribution in [3.63, 3.8) is 0 Å². The molecule has 108 valence electrons. The van der Waals surface area contributed by atoms with Gasteiger partial charge in [0.05, 0.1) is 19.5 Å². The number of rotatable bonds is 3. The van der Waals surface area contributed by atoms with Crippen LogP contribution < -0.4 is 9.12 Å². The molecule has 2 aromatic heterocycles. The molecule has 1 N–H and O–H groups in total. The van der Waals surface area contributed by atoms with Gasteiger partial charge in [0.2, 0.25) is 10.0 Å². The van der Waals surface area contributed by atoms with E-state index < -0.39 is 10.0 Å². The highest BCUT2D eigenvalue weighted by atomic mass is 32.2. The number of benzene rings is 1. The SMILES string of the molecule is Cn1c(-c2ccc(NS(C)(=O)=O)cc2)c[n+]2ccccc12. The fourth-order valence-electron chi connectivity index (χ4n) is 2.37. The van der Waals surface area contributed by atoms with Crippen LogP contribution in [0.1, 0.15) is 0 Å². The number of aromatic nitrogens is 2. The lowest BCUT2D eigenvalue weighted by molar-refractivity contribution is -0.510. The van der Waals surface area contributed by atoms with E-state index in [1.807, 2.05) is 49.8 Å². The van der Waals surface area contributed by atoms with Crippen LogP contribution in [0.4, 0.5) is 5.69 Å². The topological polar surface area (TPSA) is 55.2 Å². The second-order valence-corrected chi connectivity index (χ2v) is 6.74. The van der Waals surface area contributed by atoms with Gasteiger partial charge in [-0.3, -0.25) is 4.72 Å². The van der Waals surface area contributed by atoms with Gasteiger partial charge in [-0.15, -0.1) is 0 Å². The lowest BCUT2D eigenvalue weighted by Crippen LogP contribution is -2.17. The van der Waals surface area contributed by atoms with Crippen molar-refractivity contribution in [1.82, 2.24) is 4.57 Å². The minimum Gasteiger partial charge on any atom is -0.284 e. The lowest BCUT2D eigenvalue weighted by atomic mass is 10.1. The Labute approximate surface area is 123 Å². The van der Waals surface area contributed by atoms with Crippen LogP contribution in [0.15, 0.2) is 54.9 Å². The van der Waals surface area contributed by atoms with Crippen LogP contribution in [0.2, 0.25) is 0 Å². The summed E-state index contributed by atoms with van der Waals surface area (Å²) in [4.78, 5) is 0. The summed E-state index contributed by atoms with van der Waals surface area (Å²) < 4.78 is 29.0. The van der Waals surface area contributed by atoms with E-state index in [1.54, 1.807) is 12.1 Å². The lowest BCUT2D eigenvalue weighted by Gasteiger charge is -2.04. The van der Waals surface area contributed by atoms with Crippen molar-refractivity contribution in [2.45, 2.75) is 0 Å². The first kappa shape index (κ1) is 13.6. The summed E-state index contributed by atoms with van der Waals surface area (Å²) in [5.74, 6) is 0. The normalized spacial score (nSPS) is 11.7. The predicted molar refractivity (Wildman–Crippen MR) is 82.5 cm³/mol. The largest absolute Gasteiger partial charge is 0.286 e. The Bertz CT molecular complexity index is 896. The average Bonchev–Trinajstić information content (AvgIpc) is 2.76. The zero-order valence-electron chi connectivity index (χ0n) is 11.8. The van der Waals surface area contributed by atoms with Crippen molar-refractivity contribution in [3.05, 3.63) is 54.9 Å². The molecule has 0 bridgehead atoms. The van der Waals surface area contributed by atoms with Gasteiger partial charge < -0.3 is 0 Å². The molecule has 2 heterocycles. The van der Waals surface area contributed by atoms with Gasteiger partial charge in [0.1, 0.15) is 6.20 Å². The van der Waals surface area contributed by atoms with Gasteiger partial charge in [0, 0.05) is 17.3 Å². The maximum absolute atomic E-state index is 11.2. The summed E-state index contributed by atoms with van der Waals surface area (Å²) in [6.07, 6.45) is 5.19. The molecule has 0 atom stereocenters. The molecular formula is C15H16N3O2S+. The quantitative estimate of drug-likeness (QED) is 0.750. The van der Waals surface area contributed by atoms with Gasteiger partial charge >= 0.3 is 0 Å². The second kappa shape index (κ2) is 4.89. The fraction of sp³-hybridized carbons (Fsp3) is 0.133. The third-order valence-corrected chi connectivity index (χ3v) is 3.92. The number of fused-ring (bicyclic) bond motifs is 1. The van der Waals surface area contributed by atoms with Crippen LogP contribution in [-0.2, 0) is 17.1 Å². The number of sulfonamides is 1. The first-order valence-corrected chi connectivity index (χ1v) is 8.37. The number of hydrogen-bond donors (Lipinski definition) is 1. The third-order valence-electron chi connectivity index (χ3n) is 3.32. The number of hydrogen-bond acceptors (Lipinski definition) is 2. The van der Waals surface area contributed by atoms with Gasteiger partial charge in [0.15, 0.2) is 5.69 Å². The molecule has 0 aliphatic carbocycles. The van der Waals surface area contributed by atoms with Crippen molar-refractivity contribution in [2.75, 3.05) is 11.0 Å². The van der Waals surface area contributed by atoms with E-state index in [9.17, 15) is 8.42 Å². The number of anilines is 1. The smallest absolute Gasteiger partial charge is 0.284 e. The van der Waals surface area contributed by atoms with Crippen LogP contribution >= 0.6 is 0 Å². The highest BCUT2D eigenvalue weighted by molar-refractivity contribution is 7.92. The van der Waals surface area contributed by atoms with Crippen LogP contribution in [0, 0.1) is 0 Å². The predicted octanol–water partition coefficient (Wildman–Crippen LogP) is 1.80. The Kier molecular flexibility index (Phi) is 3.17. The second-order valence-electron chi connectivity index (χ2n) is 4.99. The third kappa shape index (κ3) is 2.75. The summed E-state index contributed by atoms with van der Waals surface area (Å²) in [5.41, 5.74) is 3.74. The summed E-state index contributed by atoms with van der Waals surface area (Å²) in [7, 11) is -1.24. The molecule has 21 heavy (non-hydrogen) atoms. The number of aryl methyl sites for hydroxylation is 1. The minimum absolute atomic E-state index is 0.563. The van der Waals surface area contributed by atoms with Crippen LogP contribution in [-0.4, -0.2) is 19.2 Å². The Balaban J connectivity index is 2.01. The monoisotopic (exact) mass is 302 g/mol. The van der Waals surface area contributed by atoms with Crippen molar-refractivity contribution >= 4 is 21.4 Å². The Morgan fingerprint density at radius 3 is 2.43 bits per heavy atom. The molecule has 0 unspecified atom stereocenters. The summed E-state index contributed by atoms with van der Waals surface area (Å²) in [6.45, 7) is 0. The molecule has 0 aliphatic rings. The zero-order chi connectivity index (χ0) is 15.0. The first-order chi connectivity index (χ1) is 9.94. The standard InChI is InChI=1S/C15H16N3O2S/c1-17-14(11-18-10-4-3-5-15(17)18)12-6-8-13(9-7-12)16-21(2,19)20/h3-11,16H,1-2H3/q+1. The summed E-state index contributed by atoms with van der Waals surface area (Å²) in [5, 5.41) is 0. The molecule has 0 amide bonds. The molecule has 0 spiro atoms. The Hall–Kier alpha value is -2.34. The van der Waals surface area contributed by atoms with E-state index >= 15 is 0 Å². The Morgan fingerprint density at radius 1 is 1.10 bits per heavy atom. The van der Waals surface area contributed by atoms with Crippen LogP contribution in [0.5, 0.6) is 0 Å². The van der Waals surface area contributed by atoms with Gasteiger partial charge in [-0.2, -0.15) is 0 Å². The molecule has 0 fully saturated rings. The van der Waals surface area contributed by atoms with Gasteiger partial charge in [-0.05, 0) is 30.3 Å². The molecular weight excluding hydrogens is 286 g/mol. The number of nitrogens with one attached hydrogen (secondary N) is 1. The molecule has 0 radical (unpaired) electrons. The minimum atomic E-state index is -3.24. The van der Waals surface area contributed by atoms with Crippen molar-refractivity contribution in [3.8, 4) is 11.3 Å². The number of nitrogens with zero attached hydrogens (tertiary/aromatic N) is 2. The average molecular weight is 302 g/mol. The number of imidazole rings is 1. The van der Waals surface area contributed by atoms with E-state index in [0.29, 0.717) is 5.69 Å². The van der Waals surface area contributed by atoms with Crippen LogP contribution in [0.3, 0.4) is 0 Å². The van der Waals surface area contributed by atoms with Crippen LogP contribution in [0.25, 0.3) is 16.9 Å². The maximum Gasteiger partial charge on any atom is 0.286 e. The molecule has 0 aliphatic heterocycles. The molecule has 6 heteroatoms. The zero-order valence-corrected chi connectivity index (χ0v) is 12.6. The molecule has 1 aromatic carbocycles. The van der Waals surface area contributed by atoms with E-state index in [0.717, 1.165) is 23.2 Å². The van der Waals surface area contributed by atoms with E-state index in [4.69, 9.17) is 0 Å². The Morgan fingerprint density at radius 2 is 1.81 bits per heavy atom. The fourth-order valence-corrected chi connectivity index (χ4v) is 2.94. The molecule has 0 saturated heterocycles. The molecule has 3 rings (SSSR count). The van der Waals surface area contributed by atoms with Gasteiger partial charge in [-0.25, -0.2) is 17.4 Å². The highest BCUT2D eigenvalue weighted by Crippen LogP contribution is 2.22. The van der Waals surface area contributed by atoms with E-state index in [1.165, 1.54) is 0 Å². The summed E-state index contributed by atoms with van der Waals surface area (Å²) >= 11 is 0. The van der Waals surface area contributed by atoms with Crippen molar-refractivity contribution < 1.29 is 12.8 Å². The van der Waals surface area contributed by atoms with Gasteiger partial charge in [0.25, 0.3) is 5.65 Å². The molecule has 0 saturated carbocycles. The number of pyridine rings is 1. The van der Waals surface area contributed by atoms with Crippen molar-refractivity contribution in [1.29, 1.82) is 0 Å². The first-order valence-electron chi connectivity index (χ1n) is 6.48. The highest BCUT2D eigenvalue weighted by Gasteiger charge is 2.15. The molecule has 3 aromatic rings. The summed E-state index contributed by atoms with van der Waals surface area (Å²) in [6, 6.07) is 13.4. The van der Waals surface area contributed by atoms with Gasteiger partial charge in [-0.1, -0.05) is 6.07 Å².